The molecule has 0 radical (unpaired) electrons. The summed E-state index contributed by atoms with van der Waals surface area (Å²) in [7, 11) is 0. The monoisotopic (exact) mass is 350 g/mol. The largest absolute Gasteiger partial charge is 0.325 e. The molecular weight excluding hydrogens is 339 g/mol. The van der Waals surface area contributed by atoms with Crippen LogP contribution in [0, 0.1) is 11.3 Å². The standard InChI is InChI=1S/C16H12Cl2N2OS/c17-14-5-4-13(7-15(14)18)20-16(21)10-22-9-12-3-1-2-11(6-12)8-19/h1-7H,9-10H2,(H,20,21). The van der Waals surface area contributed by atoms with Gasteiger partial charge in [0, 0.05) is 11.4 Å². The number of anilines is 1. The second kappa shape index (κ2) is 8.09. The Bertz CT molecular complexity index is 728. The molecule has 6 heteroatoms. The zero-order valence-electron chi connectivity index (χ0n) is 11.5. The van der Waals surface area contributed by atoms with E-state index in [4.69, 9.17) is 28.5 Å². The fourth-order valence-corrected chi connectivity index (χ4v) is 2.84. The number of halogens is 2. The molecule has 1 N–H and O–H groups in total. The fourth-order valence-electron chi connectivity index (χ4n) is 1.76. The summed E-state index contributed by atoms with van der Waals surface area (Å²) in [6.07, 6.45) is 0. The van der Waals surface area contributed by atoms with Gasteiger partial charge in [-0.15, -0.1) is 11.8 Å². The maximum atomic E-state index is 11.9. The van der Waals surface area contributed by atoms with E-state index in [1.807, 2.05) is 18.2 Å². The van der Waals surface area contributed by atoms with Crippen LogP contribution in [0.15, 0.2) is 42.5 Å². The maximum absolute atomic E-state index is 11.9. The minimum absolute atomic E-state index is 0.111. The van der Waals surface area contributed by atoms with E-state index in [1.54, 1.807) is 24.3 Å². The Hall–Kier alpha value is -1.67. The van der Waals surface area contributed by atoms with Crippen molar-refractivity contribution < 1.29 is 4.79 Å². The van der Waals surface area contributed by atoms with Crippen LogP contribution < -0.4 is 5.32 Å². The van der Waals surface area contributed by atoms with Crippen LogP contribution >= 0.6 is 35.0 Å². The highest BCUT2D eigenvalue weighted by Crippen LogP contribution is 2.25. The number of rotatable bonds is 5. The average molecular weight is 351 g/mol. The molecule has 0 atom stereocenters. The van der Waals surface area contributed by atoms with Gasteiger partial charge in [0.05, 0.1) is 27.4 Å². The summed E-state index contributed by atoms with van der Waals surface area (Å²) < 4.78 is 0. The van der Waals surface area contributed by atoms with Gasteiger partial charge in [-0.2, -0.15) is 5.26 Å². The summed E-state index contributed by atoms with van der Waals surface area (Å²) in [6, 6.07) is 14.4. The summed E-state index contributed by atoms with van der Waals surface area (Å²) >= 11 is 13.2. The lowest BCUT2D eigenvalue weighted by atomic mass is 10.2. The predicted molar refractivity (Wildman–Crippen MR) is 92.4 cm³/mol. The summed E-state index contributed by atoms with van der Waals surface area (Å²) in [4.78, 5) is 11.9. The highest BCUT2D eigenvalue weighted by Gasteiger charge is 2.05. The molecule has 0 heterocycles. The zero-order valence-corrected chi connectivity index (χ0v) is 13.8. The number of amides is 1. The lowest BCUT2D eigenvalue weighted by Crippen LogP contribution is -2.14. The third-order valence-corrected chi connectivity index (χ3v) is 4.50. The van der Waals surface area contributed by atoms with Crippen molar-refractivity contribution in [2.24, 2.45) is 0 Å². The van der Waals surface area contributed by atoms with Crippen LogP contribution in [0.25, 0.3) is 0 Å². The van der Waals surface area contributed by atoms with Gasteiger partial charge in [0.15, 0.2) is 0 Å². The first-order valence-corrected chi connectivity index (χ1v) is 8.31. The molecule has 0 unspecified atom stereocenters. The topological polar surface area (TPSA) is 52.9 Å². The van der Waals surface area contributed by atoms with Crippen molar-refractivity contribution >= 4 is 46.6 Å². The zero-order chi connectivity index (χ0) is 15.9. The molecule has 0 saturated carbocycles. The first kappa shape index (κ1) is 16.7. The Kier molecular flexibility index (Phi) is 6.14. The summed E-state index contributed by atoms with van der Waals surface area (Å²) in [5.41, 5.74) is 2.26. The van der Waals surface area contributed by atoms with Crippen LogP contribution in [0.3, 0.4) is 0 Å². The molecular formula is C16H12Cl2N2OS. The number of nitriles is 1. The fraction of sp³-hybridized carbons (Fsp3) is 0.125. The van der Waals surface area contributed by atoms with Crippen molar-refractivity contribution in [2.75, 3.05) is 11.1 Å². The third kappa shape index (κ3) is 4.96. The smallest absolute Gasteiger partial charge is 0.234 e. The van der Waals surface area contributed by atoms with Gasteiger partial charge in [0.2, 0.25) is 5.91 Å². The second-order valence-corrected chi connectivity index (χ2v) is 6.28. The van der Waals surface area contributed by atoms with E-state index in [-0.39, 0.29) is 5.91 Å². The van der Waals surface area contributed by atoms with E-state index < -0.39 is 0 Å². The highest BCUT2D eigenvalue weighted by atomic mass is 35.5. The molecule has 0 aliphatic heterocycles. The minimum Gasteiger partial charge on any atom is -0.325 e. The lowest BCUT2D eigenvalue weighted by molar-refractivity contribution is -0.113. The molecule has 22 heavy (non-hydrogen) atoms. The van der Waals surface area contributed by atoms with Crippen molar-refractivity contribution in [3.63, 3.8) is 0 Å². The van der Waals surface area contributed by atoms with Crippen molar-refractivity contribution in [1.29, 1.82) is 5.26 Å². The average Bonchev–Trinajstić information content (AvgIpc) is 2.51. The van der Waals surface area contributed by atoms with Gasteiger partial charge < -0.3 is 5.32 Å². The molecule has 0 aromatic heterocycles. The molecule has 2 aromatic carbocycles. The Labute approximate surface area is 143 Å². The van der Waals surface area contributed by atoms with Crippen molar-refractivity contribution in [2.45, 2.75) is 5.75 Å². The highest BCUT2D eigenvalue weighted by molar-refractivity contribution is 7.99. The van der Waals surface area contributed by atoms with Crippen LogP contribution in [-0.2, 0) is 10.5 Å². The molecule has 0 bridgehead atoms. The van der Waals surface area contributed by atoms with Gasteiger partial charge >= 0.3 is 0 Å². The van der Waals surface area contributed by atoms with Gasteiger partial charge in [-0.05, 0) is 35.9 Å². The number of carbonyl (C=O) groups is 1. The van der Waals surface area contributed by atoms with E-state index in [1.165, 1.54) is 11.8 Å². The minimum atomic E-state index is -0.111. The van der Waals surface area contributed by atoms with Gasteiger partial charge in [-0.3, -0.25) is 4.79 Å². The molecule has 0 aliphatic rings. The third-order valence-electron chi connectivity index (χ3n) is 2.76. The summed E-state index contributed by atoms with van der Waals surface area (Å²) in [5, 5.41) is 12.5. The van der Waals surface area contributed by atoms with Crippen molar-refractivity contribution in [3.05, 3.63) is 63.6 Å². The van der Waals surface area contributed by atoms with Gasteiger partial charge in [0.1, 0.15) is 0 Å². The molecule has 112 valence electrons. The van der Waals surface area contributed by atoms with Crippen molar-refractivity contribution in [3.8, 4) is 6.07 Å². The van der Waals surface area contributed by atoms with Crippen LogP contribution in [0.1, 0.15) is 11.1 Å². The quantitative estimate of drug-likeness (QED) is 0.847. The number of nitrogens with zero attached hydrogens (tertiary/aromatic N) is 1. The van der Waals surface area contributed by atoms with E-state index in [0.29, 0.717) is 32.8 Å². The molecule has 0 aliphatic carbocycles. The number of nitrogens with one attached hydrogen (secondary N) is 1. The SMILES string of the molecule is N#Cc1cccc(CSCC(=O)Nc2ccc(Cl)c(Cl)c2)c1. The van der Waals surface area contributed by atoms with E-state index in [9.17, 15) is 4.79 Å². The predicted octanol–water partition coefficient (Wildman–Crippen LogP) is 4.74. The van der Waals surface area contributed by atoms with Crippen LogP contribution in [-0.4, -0.2) is 11.7 Å². The Morgan fingerprint density at radius 1 is 1.18 bits per heavy atom. The summed E-state index contributed by atoms with van der Waals surface area (Å²) in [6.45, 7) is 0. The summed E-state index contributed by atoms with van der Waals surface area (Å²) in [5.74, 6) is 0.876. The number of benzene rings is 2. The lowest BCUT2D eigenvalue weighted by Gasteiger charge is -2.06. The number of carbonyl (C=O) groups excluding carboxylic acids is 1. The van der Waals surface area contributed by atoms with Crippen LogP contribution in [0.2, 0.25) is 10.0 Å². The van der Waals surface area contributed by atoms with E-state index >= 15 is 0 Å². The van der Waals surface area contributed by atoms with E-state index in [0.717, 1.165) is 5.56 Å². The van der Waals surface area contributed by atoms with Gasteiger partial charge in [-0.1, -0.05) is 35.3 Å². The normalized spacial score (nSPS) is 10.0. The Morgan fingerprint density at radius 2 is 2.00 bits per heavy atom. The molecule has 2 aromatic rings. The first-order valence-electron chi connectivity index (χ1n) is 6.40. The van der Waals surface area contributed by atoms with Gasteiger partial charge in [-0.25, -0.2) is 0 Å². The molecule has 0 spiro atoms. The number of thioether (sulfide) groups is 1. The van der Waals surface area contributed by atoms with E-state index in [2.05, 4.69) is 11.4 Å². The number of hydrogen-bond acceptors (Lipinski definition) is 3. The van der Waals surface area contributed by atoms with Crippen LogP contribution in [0.5, 0.6) is 0 Å². The van der Waals surface area contributed by atoms with Crippen molar-refractivity contribution in [1.82, 2.24) is 0 Å². The number of hydrogen-bond donors (Lipinski definition) is 1. The second-order valence-electron chi connectivity index (χ2n) is 4.48. The first-order chi connectivity index (χ1) is 10.6. The van der Waals surface area contributed by atoms with Crippen LogP contribution in [0.4, 0.5) is 5.69 Å². The molecule has 1 amide bonds. The molecule has 2 rings (SSSR count). The molecule has 0 fully saturated rings. The Morgan fingerprint density at radius 3 is 2.73 bits per heavy atom. The Balaban J connectivity index is 1.82. The maximum Gasteiger partial charge on any atom is 0.234 e. The van der Waals surface area contributed by atoms with Gasteiger partial charge in [0.25, 0.3) is 0 Å². The molecule has 0 saturated heterocycles. The molecule has 3 nitrogen and oxygen atoms in total.